The van der Waals surface area contributed by atoms with Gasteiger partial charge in [-0.2, -0.15) is 0 Å². The monoisotopic (exact) mass is 280 g/mol. The van der Waals surface area contributed by atoms with Crippen LogP contribution in [-0.2, 0) is 0 Å². The molecule has 18 heavy (non-hydrogen) atoms. The summed E-state index contributed by atoms with van der Waals surface area (Å²) in [6.45, 7) is 1.93. The van der Waals surface area contributed by atoms with Crippen molar-refractivity contribution in [3.05, 3.63) is 57.8 Å². The van der Waals surface area contributed by atoms with Crippen LogP contribution in [0.4, 0.5) is 5.69 Å². The summed E-state index contributed by atoms with van der Waals surface area (Å²) in [5.41, 5.74) is 2.03. The standard InChI is InChI=1S/C13H10Cl2N2O/c1-8-2-4-11(10(14)6-8)17-13(18)9-3-5-12(15)16-7-9/h2-7H,1H3,(H,17,18). The molecule has 0 unspecified atom stereocenters. The maximum Gasteiger partial charge on any atom is 0.257 e. The number of hydrogen-bond donors (Lipinski definition) is 1. The molecule has 92 valence electrons. The third-order valence-corrected chi connectivity index (χ3v) is 2.90. The minimum Gasteiger partial charge on any atom is -0.321 e. The molecule has 0 aliphatic carbocycles. The first-order chi connectivity index (χ1) is 8.56. The zero-order valence-corrected chi connectivity index (χ0v) is 11.1. The van der Waals surface area contributed by atoms with Gasteiger partial charge in [-0.1, -0.05) is 29.3 Å². The Balaban J connectivity index is 2.18. The highest BCUT2D eigenvalue weighted by atomic mass is 35.5. The van der Waals surface area contributed by atoms with Gasteiger partial charge in [0.15, 0.2) is 0 Å². The molecule has 0 radical (unpaired) electrons. The number of amides is 1. The first-order valence-corrected chi connectivity index (χ1v) is 6.01. The molecule has 0 aliphatic heterocycles. The van der Waals surface area contributed by atoms with E-state index in [1.807, 2.05) is 13.0 Å². The molecule has 0 aliphatic rings. The Morgan fingerprint density at radius 1 is 1.22 bits per heavy atom. The number of nitrogens with one attached hydrogen (secondary N) is 1. The highest BCUT2D eigenvalue weighted by molar-refractivity contribution is 6.34. The number of nitrogens with zero attached hydrogens (tertiary/aromatic N) is 1. The van der Waals surface area contributed by atoms with Crippen LogP contribution in [0.5, 0.6) is 0 Å². The lowest BCUT2D eigenvalue weighted by Gasteiger charge is -2.07. The van der Waals surface area contributed by atoms with E-state index in [9.17, 15) is 4.79 Å². The number of carbonyl (C=O) groups is 1. The molecule has 0 saturated carbocycles. The van der Waals surface area contributed by atoms with Gasteiger partial charge in [-0.3, -0.25) is 4.79 Å². The van der Waals surface area contributed by atoms with E-state index in [-0.39, 0.29) is 5.91 Å². The van der Waals surface area contributed by atoms with Crippen molar-refractivity contribution < 1.29 is 4.79 Å². The zero-order valence-electron chi connectivity index (χ0n) is 9.58. The lowest BCUT2D eigenvalue weighted by Crippen LogP contribution is -2.12. The van der Waals surface area contributed by atoms with Crippen molar-refractivity contribution in [1.82, 2.24) is 4.98 Å². The topological polar surface area (TPSA) is 42.0 Å². The lowest BCUT2D eigenvalue weighted by atomic mass is 10.2. The average Bonchev–Trinajstić information content (AvgIpc) is 2.33. The number of anilines is 1. The molecule has 0 fully saturated rings. The number of aryl methyl sites for hydroxylation is 1. The van der Waals surface area contributed by atoms with Crippen molar-refractivity contribution in [3.8, 4) is 0 Å². The van der Waals surface area contributed by atoms with E-state index in [1.165, 1.54) is 6.20 Å². The number of aromatic nitrogens is 1. The summed E-state index contributed by atoms with van der Waals surface area (Å²) in [6.07, 6.45) is 1.42. The van der Waals surface area contributed by atoms with Crippen molar-refractivity contribution in [2.75, 3.05) is 5.32 Å². The molecule has 2 aromatic rings. The van der Waals surface area contributed by atoms with Gasteiger partial charge in [-0.05, 0) is 36.8 Å². The van der Waals surface area contributed by atoms with E-state index in [0.717, 1.165) is 5.56 Å². The molecule has 1 aromatic carbocycles. The van der Waals surface area contributed by atoms with Gasteiger partial charge >= 0.3 is 0 Å². The number of benzene rings is 1. The Morgan fingerprint density at radius 3 is 2.61 bits per heavy atom. The van der Waals surface area contributed by atoms with Gasteiger partial charge < -0.3 is 5.32 Å². The number of rotatable bonds is 2. The summed E-state index contributed by atoms with van der Waals surface area (Å²) in [5.74, 6) is -0.273. The fourth-order valence-electron chi connectivity index (χ4n) is 1.43. The van der Waals surface area contributed by atoms with Crippen LogP contribution in [0.3, 0.4) is 0 Å². The largest absolute Gasteiger partial charge is 0.321 e. The fourth-order valence-corrected chi connectivity index (χ4v) is 1.82. The molecule has 3 nitrogen and oxygen atoms in total. The number of halogens is 2. The summed E-state index contributed by atoms with van der Waals surface area (Å²) in [4.78, 5) is 15.8. The van der Waals surface area contributed by atoms with Crippen LogP contribution >= 0.6 is 23.2 Å². The Morgan fingerprint density at radius 2 is 2.00 bits per heavy atom. The summed E-state index contributed by atoms with van der Waals surface area (Å²) in [7, 11) is 0. The first kappa shape index (κ1) is 12.9. The Bertz CT molecular complexity index is 582. The second kappa shape index (κ2) is 5.38. The molecule has 0 saturated heterocycles. The molecule has 2 rings (SSSR count). The highest BCUT2D eigenvalue weighted by Crippen LogP contribution is 2.23. The van der Waals surface area contributed by atoms with Crippen LogP contribution in [0, 0.1) is 6.92 Å². The Labute approximate surface area is 115 Å². The average molecular weight is 281 g/mol. The minimum atomic E-state index is -0.273. The predicted molar refractivity (Wildman–Crippen MR) is 73.4 cm³/mol. The van der Waals surface area contributed by atoms with Gasteiger partial charge in [0.05, 0.1) is 16.3 Å². The summed E-state index contributed by atoms with van der Waals surface area (Å²) < 4.78 is 0. The van der Waals surface area contributed by atoms with Crippen molar-refractivity contribution in [1.29, 1.82) is 0 Å². The molecule has 1 aromatic heterocycles. The Kier molecular flexibility index (Phi) is 3.84. The number of hydrogen-bond acceptors (Lipinski definition) is 2. The number of carbonyl (C=O) groups excluding carboxylic acids is 1. The SMILES string of the molecule is Cc1ccc(NC(=O)c2ccc(Cl)nc2)c(Cl)c1. The summed E-state index contributed by atoms with van der Waals surface area (Å²) in [5, 5.41) is 3.57. The normalized spacial score (nSPS) is 10.2. The van der Waals surface area contributed by atoms with Crippen molar-refractivity contribution >= 4 is 34.8 Å². The highest BCUT2D eigenvalue weighted by Gasteiger charge is 2.08. The quantitative estimate of drug-likeness (QED) is 0.847. The minimum absolute atomic E-state index is 0.273. The van der Waals surface area contributed by atoms with Crippen molar-refractivity contribution in [2.24, 2.45) is 0 Å². The molecule has 1 amide bonds. The lowest BCUT2D eigenvalue weighted by molar-refractivity contribution is 0.102. The third-order valence-electron chi connectivity index (χ3n) is 2.36. The van der Waals surface area contributed by atoms with Gasteiger partial charge in [0.1, 0.15) is 5.15 Å². The van der Waals surface area contributed by atoms with Crippen molar-refractivity contribution in [3.63, 3.8) is 0 Å². The van der Waals surface area contributed by atoms with E-state index in [2.05, 4.69) is 10.3 Å². The first-order valence-electron chi connectivity index (χ1n) is 5.25. The maximum absolute atomic E-state index is 11.9. The molecule has 0 atom stereocenters. The molecular formula is C13H10Cl2N2O. The van der Waals surface area contributed by atoms with Crippen molar-refractivity contribution in [2.45, 2.75) is 6.92 Å². The fraction of sp³-hybridized carbons (Fsp3) is 0.0769. The Hall–Kier alpha value is -1.58. The van der Waals surface area contributed by atoms with Crippen LogP contribution in [0.15, 0.2) is 36.5 Å². The van der Waals surface area contributed by atoms with Gasteiger partial charge in [0, 0.05) is 6.20 Å². The van der Waals surface area contributed by atoms with E-state index in [1.54, 1.807) is 24.3 Å². The van der Waals surface area contributed by atoms with E-state index in [0.29, 0.717) is 21.4 Å². The van der Waals surface area contributed by atoms with Crippen LogP contribution in [0.2, 0.25) is 10.2 Å². The molecular weight excluding hydrogens is 271 g/mol. The predicted octanol–water partition coefficient (Wildman–Crippen LogP) is 3.95. The molecule has 1 N–H and O–H groups in total. The van der Waals surface area contributed by atoms with Gasteiger partial charge in [0.2, 0.25) is 0 Å². The second-order valence-corrected chi connectivity index (χ2v) is 4.60. The molecule has 0 spiro atoms. The van der Waals surface area contributed by atoms with Gasteiger partial charge in [-0.25, -0.2) is 4.98 Å². The van der Waals surface area contributed by atoms with E-state index < -0.39 is 0 Å². The molecule has 1 heterocycles. The maximum atomic E-state index is 11.9. The van der Waals surface area contributed by atoms with Gasteiger partial charge in [-0.15, -0.1) is 0 Å². The van der Waals surface area contributed by atoms with E-state index in [4.69, 9.17) is 23.2 Å². The molecule has 0 bridgehead atoms. The van der Waals surface area contributed by atoms with Crippen LogP contribution in [-0.4, -0.2) is 10.9 Å². The second-order valence-electron chi connectivity index (χ2n) is 3.81. The third kappa shape index (κ3) is 3.00. The van der Waals surface area contributed by atoms with E-state index >= 15 is 0 Å². The van der Waals surface area contributed by atoms with Gasteiger partial charge in [0.25, 0.3) is 5.91 Å². The summed E-state index contributed by atoms with van der Waals surface area (Å²) in [6, 6.07) is 8.60. The molecule has 5 heteroatoms. The number of pyridine rings is 1. The summed E-state index contributed by atoms with van der Waals surface area (Å²) >= 11 is 11.7. The van der Waals surface area contributed by atoms with Crippen LogP contribution in [0.1, 0.15) is 15.9 Å². The zero-order chi connectivity index (χ0) is 13.1. The van der Waals surface area contributed by atoms with Crippen LogP contribution < -0.4 is 5.32 Å². The smallest absolute Gasteiger partial charge is 0.257 e. The van der Waals surface area contributed by atoms with Crippen LogP contribution in [0.25, 0.3) is 0 Å².